The second-order valence-corrected chi connectivity index (χ2v) is 8.81. The van der Waals surface area contributed by atoms with Crippen LogP contribution in [0.15, 0.2) is 48.5 Å². The van der Waals surface area contributed by atoms with Crippen molar-refractivity contribution in [2.75, 3.05) is 26.3 Å². The molecule has 1 atom stereocenters. The van der Waals surface area contributed by atoms with Crippen LogP contribution < -0.4 is 9.47 Å². The summed E-state index contributed by atoms with van der Waals surface area (Å²) in [5.74, 6) is -5.19. The van der Waals surface area contributed by atoms with E-state index in [0.29, 0.717) is 11.3 Å². The molecule has 1 unspecified atom stereocenters. The Kier molecular flexibility index (Phi) is 12.0. The Labute approximate surface area is 223 Å². The third-order valence-corrected chi connectivity index (χ3v) is 5.65. The number of carboxylic acids is 1. The highest BCUT2D eigenvalue weighted by Gasteiger charge is 2.56. The largest absolute Gasteiger partial charge is 0.492 e. The van der Waals surface area contributed by atoms with Crippen LogP contribution in [0.4, 0.5) is 26.7 Å². The van der Waals surface area contributed by atoms with Gasteiger partial charge in [0.2, 0.25) is 0 Å². The fourth-order valence-corrected chi connectivity index (χ4v) is 3.56. The molecule has 12 heteroatoms. The van der Waals surface area contributed by atoms with Gasteiger partial charge in [-0.3, -0.25) is 0 Å². The molecule has 0 aliphatic carbocycles. The number of rotatable bonds is 15. The SMILES string of the molecule is CCOC(Cc1ccc(OCCN(CCCCC(F)(F)C(F)(F)F)C(=O)Oc2cccc(C)c2)cc1)C(=O)O. The number of aliphatic carboxylic acids is 1. The van der Waals surface area contributed by atoms with Gasteiger partial charge < -0.3 is 24.2 Å². The maximum Gasteiger partial charge on any atom is 0.453 e. The van der Waals surface area contributed by atoms with Crippen LogP contribution >= 0.6 is 0 Å². The van der Waals surface area contributed by atoms with Crippen molar-refractivity contribution in [1.29, 1.82) is 0 Å². The average molecular weight is 562 g/mol. The predicted molar refractivity (Wildman–Crippen MR) is 132 cm³/mol. The Morgan fingerprint density at radius 1 is 0.974 bits per heavy atom. The van der Waals surface area contributed by atoms with Crippen LogP contribution in [-0.2, 0) is 16.0 Å². The van der Waals surface area contributed by atoms with Crippen molar-refractivity contribution in [2.24, 2.45) is 0 Å². The number of hydrogen-bond acceptors (Lipinski definition) is 5. The molecule has 2 aromatic carbocycles. The molecule has 1 amide bonds. The third kappa shape index (κ3) is 10.7. The quantitative estimate of drug-likeness (QED) is 0.204. The van der Waals surface area contributed by atoms with Gasteiger partial charge in [-0.1, -0.05) is 24.3 Å². The lowest BCUT2D eigenvalue weighted by atomic mass is 10.1. The average Bonchev–Trinajstić information content (AvgIpc) is 2.85. The van der Waals surface area contributed by atoms with Gasteiger partial charge in [0.25, 0.3) is 0 Å². The van der Waals surface area contributed by atoms with Crippen molar-refractivity contribution in [2.45, 2.75) is 57.7 Å². The Balaban J connectivity index is 1.96. The van der Waals surface area contributed by atoms with Crippen molar-refractivity contribution in [3.63, 3.8) is 0 Å². The monoisotopic (exact) mass is 561 g/mol. The van der Waals surface area contributed by atoms with Crippen molar-refractivity contribution in [3.05, 3.63) is 59.7 Å². The van der Waals surface area contributed by atoms with E-state index in [4.69, 9.17) is 14.2 Å². The molecule has 7 nitrogen and oxygen atoms in total. The van der Waals surface area contributed by atoms with Gasteiger partial charge in [-0.15, -0.1) is 0 Å². The molecular weight excluding hydrogens is 529 g/mol. The summed E-state index contributed by atoms with van der Waals surface area (Å²) in [7, 11) is 0. The van der Waals surface area contributed by atoms with E-state index in [0.717, 1.165) is 5.56 Å². The lowest BCUT2D eigenvalue weighted by Crippen LogP contribution is -2.38. The molecule has 2 aromatic rings. The van der Waals surface area contributed by atoms with Crippen molar-refractivity contribution < 1.29 is 50.9 Å². The van der Waals surface area contributed by atoms with E-state index in [1.165, 1.54) is 4.90 Å². The molecule has 0 heterocycles. The zero-order chi connectivity index (χ0) is 29.1. The van der Waals surface area contributed by atoms with Gasteiger partial charge in [0.05, 0.1) is 6.54 Å². The first kappa shape index (κ1) is 31.8. The predicted octanol–water partition coefficient (Wildman–Crippen LogP) is 6.27. The van der Waals surface area contributed by atoms with Crippen LogP contribution in [0.1, 0.15) is 37.3 Å². The van der Waals surface area contributed by atoms with Crippen LogP contribution in [0.2, 0.25) is 0 Å². The molecule has 2 rings (SSSR count). The Bertz CT molecular complexity index is 1060. The summed E-state index contributed by atoms with van der Waals surface area (Å²) in [6, 6.07) is 13.3. The zero-order valence-corrected chi connectivity index (χ0v) is 21.7. The zero-order valence-electron chi connectivity index (χ0n) is 21.7. The standard InChI is InChI=1S/C27H32F5NO6/c1-3-37-23(24(34)35)18-20-9-11-21(12-10-20)38-16-15-33(14-5-4-13-26(28,29)27(30,31)32)25(36)39-22-8-6-7-19(2)17-22/h6-12,17,23H,3-5,13-16,18H2,1-2H3,(H,34,35). The van der Waals surface area contributed by atoms with E-state index in [1.807, 2.05) is 0 Å². The van der Waals surface area contributed by atoms with Crippen LogP contribution in [-0.4, -0.2) is 66.6 Å². The summed E-state index contributed by atoms with van der Waals surface area (Å²) >= 11 is 0. The highest BCUT2D eigenvalue weighted by Crippen LogP contribution is 2.39. The summed E-state index contributed by atoms with van der Waals surface area (Å²) in [5.41, 5.74) is 1.55. The smallest absolute Gasteiger partial charge is 0.453 e. The second-order valence-electron chi connectivity index (χ2n) is 8.81. The molecular formula is C27H32F5NO6. The number of carbonyl (C=O) groups excluding carboxylic acids is 1. The number of amides is 1. The topological polar surface area (TPSA) is 85.3 Å². The van der Waals surface area contributed by atoms with Gasteiger partial charge in [0.15, 0.2) is 6.10 Å². The van der Waals surface area contributed by atoms with Gasteiger partial charge in [0, 0.05) is 26.0 Å². The van der Waals surface area contributed by atoms with Crippen LogP contribution in [0, 0.1) is 6.92 Å². The Morgan fingerprint density at radius 2 is 1.67 bits per heavy atom. The van der Waals surface area contributed by atoms with Gasteiger partial charge in [-0.2, -0.15) is 22.0 Å². The van der Waals surface area contributed by atoms with Gasteiger partial charge in [-0.25, -0.2) is 9.59 Å². The highest BCUT2D eigenvalue weighted by atomic mass is 19.4. The minimum atomic E-state index is -5.63. The van der Waals surface area contributed by atoms with Crippen molar-refractivity contribution in [1.82, 2.24) is 4.90 Å². The maximum atomic E-state index is 13.2. The number of aryl methyl sites for hydroxylation is 1. The van der Waals surface area contributed by atoms with E-state index in [2.05, 4.69) is 0 Å². The lowest BCUT2D eigenvalue weighted by molar-refractivity contribution is -0.284. The maximum absolute atomic E-state index is 13.2. The van der Waals surface area contributed by atoms with Crippen LogP contribution in [0.3, 0.4) is 0 Å². The molecule has 39 heavy (non-hydrogen) atoms. The number of carboxylic acid groups (broad SMARTS) is 1. The van der Waals surface area contributed by atoms with E-state index in [9.17, 15) is 36.6 Å². The van der Waals surface area contributed by atoms with Crippen molar-refractivity contribution in [3.8, 4) is 11.5 Å². The first-order chi connectivity index (χ1) is 18.3. The number of halogens is 5. The molecule has 0 saturated carbocycles. The molecule has 0 saturated heterocycles. The molecule has 216 valence electrons. The molecule has 0 aromatic heterocycles. The van der Waals surface area contributed by atoms with E-state index in [-0.39, 0.29) is 44.9 Å². The number of carbonyl (C=O) groups is 2. The summed E-state index contributed by atoms with van der Waals surface area (Å²) in [5, 5.41) is 9.21. The summed E-state index contributed by atoms with van der Waals surface area (Å²) in [6.07, 6.45) is -9.18. The number of unbranched alkanes of at least 4 members (excludes halogenated alkanes) is 1. The number of hydrogen-bond donors (Lipinski definition) is 1. The molecule has 0 aliphatic rings. The Morgan fingerprint density at radius 3 is 2.26 bits per heavy atom. The second kappa shape index (κ2) is 14.7. The van der Waals surface area contributed by atoms with Crippen LogP contribution in [0.5, 0.6) is 11.5 Å². The molecule has 0 fully saturated rings. The Hall–Kier alpha value is -3.41. The first-order valence-electron chi connectivity index (χ1n) is 12.4. The van der Waals surface area contributed by atoms with E-state index < -0.39 is 43.1 Å². The molecule has 0 bridgehead atoms. The minimum absolute atomic E-state index is 0.0162. The van der Waals surface area contributed by atoms with E-state index >= 15 is 0 Å². The summed E-state index contributed by atoms with van der Waals surface area (Å²) in [6.45, 7) is 3.60. The fourth-order valence-electron chi connectivity index (χ4n) is 3.56. The van der Waals surface area contributed by atoms with E-state index in [1.54, 1.807) is 62.4 Å². The van der Waals surface area contributed by atoms with Crippen molar-refractivity contribution >= 4 is 12.1 Å². The fraction of sp³-hybridized carbons (Fsp3) is 0.481. The number of nitrogens with zero attached hydrogens (tertiary/aromatic N) is 1. The van der Waals surface area contributed by atoms with Crippen LogP contribution in [0.25, 0.3) is 0 Å². The number of alkyl halides is 5. The summed E-state index contributed by atoms with van der Waals surface area (Å²) < 4.78 is 79.9. The minimum Gasteiger partial charge on any atom is -0.492 e. The number of ether oxygens (including phenoxy) is 3. The molecule has 1 N–H and O–H groups in total. The highest BCUT2D eigenvalue weighted by molar-refractivity contribution is 5.72. The normalized spacial score (nSPS) is 12.6. The molecule has 0 radical (unpaired) electrons. The van der Waals surface area contributed by atoms with Gasteiger partial charge in [0.1, 0.15) is 18.1 Å². The van der Waals surface area contributed by atoms with Gasteiger partial charge >= 0.3 is 24.2 Å². The molecule has 0 aliphatic heterocycles. The van der Waals surface area contributed by atoms with Gasteiger partial charge in [-0.05, 0) is 62.1 Å². The summed E-state index contributed by atoms with van der Waals surface area (Å²) in [4.78, 5) is 25.2. The third-order valence-electron chi connectivity index (χ3n) is 5.65. The lowest BCUT2D eigenvalue weighted by Gasteiger charge is -2.23. The number of benzene rings is 2. The first-order valence-corrected chi connectivity index (χ1v) is 12.4. The molecule has 0 spiro atoms.